The molecule has 0 spiro atoms. The summed E-state index contributed by atoms with van der Waals surface area (Å²) in [7, 11) is 0. The van der Waals surface area contributed by atoms with Crippen LogP contribution in [0, 0.1) is 0 Å². The molecule has 0 aliphatic heterocycles. The van der Waals surface area contributed by atoms with Crippen LogP contribution < -0.4 is 10.6 Å². The number of aromatic amines is 1. The second kappa shape index (κ2) is 8.06. The van der Waals surface area contributed by atoms with Gasteiger partial charge in [0.1, 0.15) is 12.2 Å². The fraction of sp³-hybridized carbons (Fsp3) is 0.636. The molecule has 1 unspecified atom stereocenters. The molecule has 1 heterocycles. The van der Waals surface area contributed by atoms with Gasteiger partial charge >= 0.3 is 12.0 Å². The lowest BCUT2D eigenvalue weighted by Crippen LogP contribution is -2.41. The smallest absolute Gasteiger partial charge is 0.315 e. The van der Waals surface area contributed by atoms with Gasteiger partial charge in [-0.05, 0) is 19.8 Å². The fourth-order valence-electron chi connectivity index (χ4n) is 1.55. The largest absolute Gasteiger partial charge is 0.481 e. The number of nitrogens with zero attached hydrogens (tertiary/aromatic N) is 2. The van der Waals surface area contributed by atoms with Gasteiger partial charge < -0.3 is 15.7 Å². The van der Waals surface area contributed by atoms with E-state index in [4.69, 9.17) is 5.11 Å². The lowest BCUT2D eigenvalue weighted by atomic mass is 10.1. The number of carbonyl (C=O) groups is 2. The van der Waals surface area contributed by atoms with Crippen molar-refractivity contribution in [3.05, 3.63) is 12.2 Å². The van der Waals surface area contributed by atoms with Crippen LogP contribution in [-0.4, -0.2) is 44.9 Å². The normalized spacial score (nSPS) is 11.8. The van der Waals surface area contributed by atoms with E-state index in [1.165, 1.54) is 6.33 Å². The van der Waals surface area contributed by atoms with Crippen molar-refractivity contribution in [2.45, 2.75) is 38.6 Å². The summed E-state index contributed by atoms with van der Waals surface area (Å²) in [6.45, 7) is 2.31. The molecule has 0 bridgehead atoms. The van der Waals surface area contributed by atoms with Crippen LogP contribution in [0.25, 0.3) is 0 Å². The number of rotatable bonds is 8. The molecule has 0 aliphatic rings. The summed E-state index contributed by atoms with van der Waals surface area (Å²) in [5.74, 6) is -0.0986. The van der Waals surface area contributed by atoms with E-state index in [1.807, 2.05) is 6.92 Å². The minimum Gasteiger partial charge on any atom is -0.481 e. The summed E-state index contributed by atoms with van der Waals surface area (Å²) < 4.78 is 0. The summed E-state index contributed by atoms with van der Waals surface area (Å²) in [6, 6.07) is -0.313. The van der Waals surface area contributed by atoms with Gasteiger partial charge in [-0.15, -0.1) is 0 Å². The number of H-pyrrole nitrogens is 1. The zero-order valence-electron chi connectivity index (χ0n) is 10.8. The van der Waals surface area contributed by atoms with Gasteiger partial charge in [-0.2, -0.15) is 5.10 Å². The Morgan fingerprint density at radius 1 is 1.53 bits per heavy atom. The first-order valence-electron chi connectivity index (χ1n) is 6.18. The Labute approximate surface area is 111 Å². The quantitative estimate of drug-likeness (QED) is 0.540. The van der Waals surface area contributed by atoms with Crippen LogP contribution >= 0.6 is 0 Å². The van der Waals surface area contributed by atoms with Gasteiger partial charge in [-0.25, -0.2) is 9.78 Å². The monoisotopic (exact) mass is 269 g/mol. The van der Waals surface area contributed by atoms with Crippen LogP contribution in [0.5, 0.6) is 0 Å². The SMILES string of the molecule is CC(CCCC(=O)O)NC(=O)NCCc1ncn[nH]1. The number of nitrogens with one attached hydrogen (secondary N) is 3. The first kappa shape index (κ1) is 14.9. The molecule has 1 aromatic heterocycles. The molecule has 0 saturated heterocycles. The summed E-state index contributed by atoms with van der Waals surface area (Å²) in [5, 5.41) is 20.3. The molecule has 1 aromatic rings. The van der Waals surface area contributed by atoms with Gasteiger partial charge in [0.25, 0.3) is 0 Å². The van der Waals surface area contributed by atoms with Gasteiger partial charge in [0.2, 0.25) is 0 Å². The van der Waals surface area contributed by atoms with Crippen LogP contribution in [0.15, 0.2) is 6.33 Å². The summed E-state index contributed by atoms with van der Waals surface area (Å²) in [4.78, 5) is 25.8. The van der Waals surface area contributed by atoms with Gasteiger partial charge in [-0.3, -0.25) is 9.89 Å². The van der Waals surface area contributed by atoms with Gasteiger partial charge in [-0.1, -0.05) is 0 Å². The Kier molecular flexibility index (Phi) is 6.34. The highest BCUT2D eigenvalue weighted by Crippen LogP contribution is 2.00. The number of carbonyl (C=O) groups excluding carboxylic acids is 1. The number of carboxylic acids is 1. The van der Waals surface area contributed by atoms with Crippen molar-refractivity contribution in [1.29, 1.82) is 0 Å². The third-order valence-corrected chi connectivity index (χ3v) is 2.52. The molecule has 0 saturated carbocycles. The standard InChI is InChI=1S/C11H19N5O3/c1-8(3-2-4-10(17)18)15-11(19)12-6-5-9-13-7-14-16-9/h7-8H,2-6H2,1H3,(H,17,18)(H2,12,15,19)(H,13,14,16). The van der Waals surface area contributed by atoms with Crippen molar-refractivity contribution in [2.24, 2.45) is 0 Å². The van der Waals surface area contributed by atoms with Crippen molar-refractivity contribution in [1.82, 2.24) is 25.8 Å². The molecular formula is C11H19N5O3. The average Bonchev–Trinajstić information content (AvgIpc) is 2.81. The van der Waals surface area contributed by atoms with E-state index in [2.05, 4.69) is 25.8 Å². The third kappa shape index (κ3) is 7.02. The number of aromatic nitrogens is 3. The molecule has 19 heavy (non-hydrogen) atoms. The zero-order valence-corrected chi connectivity index (χ0v) is 10.8. The number of amides is 2. The molecule has 0 radical (unpaired) electrons. The van der Waals surface area contributed by atoms with Crippen LogP contribution in [0.1, 0.15) is 32.0 Å². The van der Waals surface area contributed by atoms with E-state index >= 15 is 0 Å². The molecule has 106 valence electrons. The molecule has 0 aliphatic carbocycles. The molecule has 8 nitrogen and oxygen atoms in total. The molecule has 8 heteroatoms. The predicted molar refractivity (Wildman–Crippen MR) is 67.6 cm³/mol. The van der Waals surface area contributed by atoms with Crippen molar-refractivity contribution >= 4 is 12.0 Å². The van der Waals surface area contributed by atoms with Gasteiger partial charge in [0.05, 0.1) is 0 Å². The first-order chi connectivity index (χ1) is 9.08. The Balaban J connectivity index is 2.07. The fourth-order valence-corrected chi connectivity index (χ4v) is 1.55. The van der Waals surface area contributed by atoms with E-state index in [1.54, 1.807) is 0 Å². The summed E-state index contributed by atoms with van der Waals surface area (Å²) in [6.07, 6.45) is 3.32. The molecule has 2 amide bonds. The third-order valence-electron chi connectivity index (χ3n) is 2.52. The van der Waals surface area contributed by atoms with Gasteiger partial charge in [0.15, 0.2) is 0 Å². The van der Waals surface area contributed by atoms with E-state index in [-0.39, 0.29) is 18.5 Å². The first-order valence-corrected chi connectivity index (χ1v) is 6.18. The Morgan fingerprint density at radius 2 is 2.32 bits per heavy atom. The maximum Gasteiger partial charge on any atom is 0.315 e. The Morgan fingerprint density at radius 3 is 2.95 bits per heavy atom. The Bertz CT molecular complexity index is 393. The van der Waals surface area contributed by atoms with Crippen molar-refractivity contribution < 1.29 is 14.7 Å². The Hall–Kier alpha value is -2.12. The number of carboxylic acid groups (broad SMARTS) is 1. The van der Waals surface area contributed by atoms with Gasteiger partial charge in [0, 0.05) is 25.4 Å². The molecule has 4 N–H and O–H groups in total. The molecule has 0 aromatic carbocycles. The number of urea groups is 1. The highest BCUT2D eigenvalue weighted by molar-refractivity contribution is 5.74. The van der Waals surface area contributed by atoms with Crippen molar-refractivity contribution in [3.63, 3.8) is 0 Å². The van der Waals surface area contributed by atoms with E-state index in [9.17, 15) is 9.59 Å². The maximum atomic E-state index is 11.5. The average molecular weight is 269 g/mol. The van der Waals surface area contributed by atoms with Crippen LogP contribution in [0.4, 0.5) is 4.79 Å². The topological polar surface area (TPSA) is 120 Å². The molecule has 1 rings (SSSR count). The van der Waals surface area contributed by atoms with Crippen molar-refractivity contribution in [3.8, 4) is 0 Å². The molecular weight excluding hydrogens is 250 g/mol. The summed E-state index contributed by atoms with van der Waals surface area (Å²) in [5.41, 5.74) is 0. The van der Waals surface area contributed by atoms with E-state index < -0.39 is 5.97 Å². The lowest BCUT2D eigenvalue weighted by Gasteiger charge is -2.13. The van der Waals surface area contributed by atoms with E-state index in [0.717, 1.165) is 5.82 Å². The predicted octanol–water partition coefficient (Wildman–Crippen LogP) is 0.290. The van der Waals surface area contributed by atoms with Crippen molar-refractivity contribution in [2.75, 3.05) is 6.54 Å². The highest BCUT2D eigenvalue weighted by Gasteiger charge is 2.07. The second-order valence-corrected chi connectivity index (χ2v) is 4.27. The molecule has 1 atom stereocenters. The maximum absolute atomic E-state index is 11.5. The zero-order chi connectivity index (χ0) is 14.1. The van der Waals surface area contributed by atoms with Crippen LogP contribution in [0.3, 0.4) is 0 Å². The second-order valence-electron chi connectivity index (χ2n) is 4.27. The van der Waals surface area contributed by atoms with Crippen LogP contribution in [-0.2, 0) is 11.2 Å². The number of hydrogen-bond donors (Lipinski definition) is 4. The number of hydrogen-bond acceptors (Lipinski definition) is 4. The highest BCUT2D eigenvalue weighted by atomic mass is 16.4. The minimum atomic E-state index is -0.816. The molecule has 0 fully saturated rings. The van der Waals surface area contributed by atoms with Crippen LogP contribution in [0.2, 0.25) is 0 Å². The lowest BCUT2D eigenvalue weighted by molar-refractivity contribution is -0.137. The van der Waals surface area contributed by atoms with E-state index in [0.29, 0.717) is 25.8 Å². The number of aliphatic carboxylic acids is 1. The summed E-state index contributed by atoms with van der Waals surface area (Å²) >= 11 is 0. The minimum absolute atomic E-state index is 0.0513.